The Kier molecular flexibility index (Phi) is 3.89. The molecule has 1 aromatic carbocycles. The van der Waals surface area contributed by atoms with Gasteiger partial charge in [0, 0.05) is 18.9 Å². The van der Waals surface area contributed by atoms with Gasteiger partial charge in [-0.15, -0.1) is 0 Å². The number of carbonyl (C=O) groups is 1. The number of rotatable bonds is 3. The zero-order valence-electron chi connectivity index (χ0n) is 10.6. The summed E-state index contributed by atoms with van der Waals surface area (Å²) in [6, 6.07) is 11.4. The van der Waals surface area contributed by atoms with Crippen LogP contribution in [0.3, 0.4) is 0 Å². The summed E-state index contributed by atoms with van der Waals surface area (Å²) in [6.07, 6.45) is 2.91. The molecule has 94 valence electrons. The van der Waals surface area contributed by atoms with Crippen LogP contribution in [0.5, 0.6) is 0 Å². The quantitative estimate of drug-likeness (QED) is 0.909. The first-order valence-electron chi connectivity index (χ1n) is 5.89. The smallest absolute Gasteiger partial charge is 0.254 e. The number of aryl methyl sites for hydroxylation is 1. The van der Waals surface area contributed by atoms with Gasteiger partial charge in [0.15, 0.2) is 0 Å². The molecule has 1 amide bonds. The molecule has 0 spiro atoms. The van der Waals surface area contributed by atoms with E-state index in [4.69, 9.17) is 5.26 Å². The average molecular weight is 251 g/mol. The van der Waals surface area contributed by atoms with E-state index >= 15 is 0 Å². The number of hydrogen-bond donors (Lipinski definition) is 1. The van der Waals surface area contributed by atoms with Crippen molar-refractivity contribution in [2.45, 2.75) is 13.5 Å². The minimum absolute atomic E-state index is 0.284. The van der Waals surface area contributed by atoms with Crippen LogP contribution in [0, 0.1) is 18.3 Å². The van der Waals surface area contributed by atoms with Gasteiger partial charge < -0.3 is 5.32 Å². The lowest BCUT2D eigenvalue weighted by molar-refractivity contribution is 0.0950. The molecule has 4 heteroatoms. The van der Waals surface area contributed by atoms with E-state index in [1.165, 1.54) is 18.5 Å². The van der Waals surface area contributed by atoms with Crippen molar-refractivity contribution < 1.29 is 4.79 Å². The Bertz CT molecular complexity index is 644. The summed E-state index contributed by atoms with van der Waals surface area (Å²) in [5.74, 6) is -0.284. The van der Waals surface area contributed by atoms with Gasteiger partial charge in [-0.25, -0.2) is 0 Å². The predicted molar refractivity (Wildman–Crippen MR) is 71.3 cm³/mol. The van der Waals surface area contributed by atoms with Crippen LogP contribution in [-0.4, -0.2) is 10.9 Å². The summed E-state index contributed by atoms with van der Waals surface area (Å²) >= 11 is 0. The molecule has 1 N–H and O–H groups in total. The summed E-state index contributed by atoms with van der Waals surface area (Å²) in [4.78, 5) is 15.9. The lowest BCUT2D eigenvalue weighted by atomic mass is 10.1. The van der Waals surface area contributed by atoms with E-state index in [1.54, 1.807) is 0 Å². The van der Waals surface area contributed by atoms with Crippen LogP contribution in [0.15, 0.2) is 42.7 Å². The minimum Gasteiger partial charge on any atom is -0.348 e. The normalized spacial score (nSPS) is 9.68. The van der Waals surface area contributed by atoms with Gasteiger partial charge in [-0.3, -0.25) is 9.78 Å². The number of aromatic nitrogens is 1. The second-order valence-electron chi connectivity index (χ2n) is 4.14. The molecule has 2 aromatic rings. The van der Waals surface area contributed by atoms with Gasteiger partial charge in [0.1, 0.15) is 6.07 Å². The highest BCUT2D eigenvalue weighted by atomic mass is 16.1. The maximum atomic E-state index is 12.0. The minimum atomic E-state index is -0.284. The zero-order chi connectivity index (χ0) is 13.7. The molecule has 0 aliphatic carbocycles. The Morgan fingerprint density at radius 2 is 2.16 bits per heavy atom. The maximum Gasteiger partial charge on any atom is 0.254 e. The number of pyridine rings is 1. The fraction of sp³-hybridized carbons (Fsp3) is 0.133. The third-order valence-electron chi connectivity index (χ3n) is 2.89. The highest BCUT2D eigenvalue weighted by Crippen LogP contribution is 2.08. The van der Waals surface area contributed by atoms with E-state index in [-0.39, 0.29) is 5.91 Å². The van der Waals surface area contributed by atoms with Crippen molar-refractivity contribution in [3.8, 4) is 6.07 Å². The highest BCUT2D eigenvalue weighted by molar-refractivity contribution is 5.96. The molecular weight excluding hydrogens is 238 g/mol. The Morgan fingerprint density at radius 3 is 2.89 bits per heavy atom. The Balaban J connectivity index is 2.11. The monoisotopic (exact) mass is 251 g/mol. The molecule has 4 nitrogen and oxygen atoms in total. The molecule has 0 aliphatic heterocycles. The highest BCUT2D eigenvalue weighted by Gasteiger charge is 2.11. The van der Waals surface area contributed by atoms with Crippen LogP contribution in [0.25, 0.3) is 0 Å². The second kappa shape index (κ2) is 5.78. The number of nitrogens with zero attached hydrogens (tertiary/aromatic N) is 2. The van der Waals surface area contributed by atoms with E-state index in [1.807, 2.05) is 37.3 Å². The third-order valence-corrected chi connectivity index (χ3v) is 2.89. The standard InChI is InChI=1S/C15H13N3O/c1-11-4-2-3-5-13(11)9-18-15(19)14-10-17-7-6-12(14)8-16/h2-7,10H,9H2,1H3,(H,18,19). The van der Waals surface area contributed by atoms with Gasteiger partial charge >= 0.3 is 0 Å². The molecule has 1 aromatic heterocycles. The summed E-state index contributed by atoms with van der Waals surface area (Å²) in [5.41, 5.74) is 2.81. The zero-order valence-corrected chi connectivity index (χ0v) is 10.6. The molecule has 1 heterocycles. The molecule has 0 saturated heterocycles. The van der Waals surface area contributed by atoms with Crippen LogP contribution in [-0.2, 0) is 6.54 Å². The number of hydrogen-bond acceptors (Lipinski definition) is 3. The van der Waals surface area contributed by atoms with Gasteiger partial charge in [-0.2, -0.15) is 5.26 Å². The van der Waals surface area contributed by atoms with E-state index in [9.17, 15) is 4.79 Å². The average Bonchev–Trinajstić information content (AvgIpc) is 2.46. The summed E-state index contributed by atoms with van der Waals surface area (Å²) in [5, 5.41) is 11.7. The third kappa shape index (κ3) is 2.96. The van der Waals surface area contributed by atoms with Crippen molar-refractivity contribution in [3.05, 3.63) is 65.0 Å². The molecule has 0 saturated carbocycles. The van der Waals surface area contributed by atoms with Crippen LogP contribution in [0.4, 0.5) is 0 Å². The SMILES string of the molecule is Cc1ccccc1CNC(=O)c1cnccc1C#N. The van der Waals surface area contributed by atoms with Crippen molar-refractivity contribution in [1.82, 2.24) is 10.3 Å². The molecule has 0 radical (unpaired) electrons. The molecule has 0 aliphatic rings. The molecule has 2 rings (SSSR count). The van der Waals surface area contributed by atoms with Gasteiger partial charge in [0.2, 0.25) is 0 Å². The molecule has 0 unspecified atom stereocenters. The molecule has 19 heavy (non-hydrogen) atoms. The van der Waals surface area contributed by atoms with E-state index < -0.39 is 0 Å². The second-order valence-corrected chi connectivity index (χ2v) is 4.14. The number of carbonyl (C=O) groups excluding carboxylic acids is 1. The molecule has 0 atom stereocenters. The van der Waals surface area contributed by atoms with E-state index in [0.29, 0.717) is 17.7 Å². The topological polar surface area (TPSA) is 65.8 Å². The van der Waals surface area contributed by atoms with E-state index in [2.05, 4.69) is 10.3 Å². The predicted octanol–water partition coefficient (Wildman–Crippen LogP) is 2.19. The first kappa shape index (κ1) is 12.8. The Labute approximate surface area is 111 Å². The van der Waals surface area contributed by atoms with Gasteiger partial charge in [0.25, 0.3) is 5.91 Å². The lowest BCUT2D eigenvalue weighted by Gasteiger charge is -2.08. The maximum absolute atomic E-state index is 12.0. The Morgan fingerprint density at radius 1 is 1.37 bits per heavy atom. The summed E-state index contributed by atoms with van der Waals surface area (Å²) < 4.78 is 0. The van der Waals surface area contributed by atoms with Crippen LogP contribution >= 0.6 is 0 Å². The first-order valence-corrected chi connectivity index (χ1v) is 5.89. The summed E-state index contributed by atoms with van der Waals surface area (Å²) in [6.45, 7) is 2.43. The van der Waals surface area contributed by atoms with Crippen molar-refractivity contribution in [3.63, 3.8) is 0 Å². The number of nitrogens with one attached hydrogen (secondary N) is 1. The van der Waals surface area contributed by atoms with Crippen LogP contribution in [0.1, 0.15) is 27.0 Å². The van der Waals surface area contributed by atoms with Crippen LogP contribution < -0.4 is 5.32 Å². The molecular formula is C15H13N3O. The van der Waals surface area contributed by atoms with Crippen molar-refractivity contribution in [2.24, 2.45) is 0 Å². The van der Waals surface area contributed by atoms with Crippen molar-refractivity contribution in [1.29, 1.82) is 5.26 Å². The number of amides is 1. The lowest BCUT2D eigenvalue weighted by Crippen LogP contribution is -2.24. The Hall–Kier alpha value is -2.67. The first-order chi connectivity index (χ1) is 9.22. The number of benzene rings is 1. The van der Waals surface area contributed by atoms with E-state index in [0.717, 1.165) is 11.1 Å². The molecule has 0 bridgehead atoms. The van der Waals surface area contributed by atoms with Gasteiger partial charge in [-0.1, -0.05) is 24.3 Å². The van der Waals surface area contributed by atoms with Crippen LogP contribution in [0.2, 0.25) is 0 Å². The van der Waals surface area contributed by atoms with Crippen molar-refractivity contribution in [2.75, 3.05) is 0 Å². The number of nitriles is 1. The molecule has 0 fully saturated rings. The van der Waals surface area contributed by atoms with Gasteiger partial charge in [0.05, 0.1) is 11.1 Å². The van der Waals surface area contributed by atoms with Crippen molar-refractivity contribution >= 4 is 5.91 Å². The fourth-order valence-corrected chi connectivity index (χ4v) is 1.75. The van der Waals surface area contributed by atoms with Gasteiger partial charge in [-0.05, 0) is 24.1 Å². The summed E-state index contributed by atoms with van der Waals surface area (Å²) in [7, 11) is 0. The largest absolute Gasteiger partial charge is 0.348 e. The fourth-order valence-electron chi connectivity index (χ4n) is 1.75.